The molecule has 0 aliphatic rings. The van der Waals surface area contributed by atoms with Crippen LogP contribution < -0.4 is 0 Å². The van der Waals surface area contributed by atoms with Crippen LogP contribution in [-0.4, -0.2) is 5.16 Å². The zero-order valence-electron chi connectivity index (χ0n) is 10.6. The predicted octanol–water partition coefficient (Wildman–Crippen LogP) is 5.47. The molecule has 1 atom stereocenters. The number of halogens is 2. The van der Waals surface area contributed by atoms with Crippen LogP contribution in [0.4, 0.5) is 0 Å². The SMILES string of the molecule is CCC(C)c1onc(-c2c(Cl)cccc2Cl)c1C. The molecule has 0 spiro atoms. The molecule has 0 aliphatic carbocycles. The Morgan fingerprint density at radius 2 is 1.89 bits per heavy atom. The van der Waals surface area contributed by atoms with E-state index in [-0.39, 0.29) is 0 Å². The van der Waals surface area contributed by atoms with Gasteiger partial charge in [-0.05, 0) is 25.5 Å². The summed E-state index contributed by atoms with van der Waals surface area (Å²) in [6.45, 7) is 6.23. The summed E-state index contributed by atoms with van der Waals surface area (Å²) in [6.07, 6.45) is 1.01. The molecular formula is C14H15Cl2NO. The van der Waals surface area contributed by atoms with Crippen molar-refractivity contribution in [3.8, 4) is 11.3 Å². The summed E-state index contributed by atoms with van der Waals surface area (Å²) in [7, 11) is 0. The molecule has 1 aromatic carbocycles. The van der Waals surface area contributed by atoms with Crippen molar-refractivity contribution in [2.24, 2.45) is 0 Å². The number of hydrogen-bond acceptors (Lipinski definition) is 2. The van der Waals surface area contributed by atoms with Crippen molar-refractivity contribution < 1.29 is 4.52 Å². The van der Waals surface area contributed by atoms with Crippen LogP contribution in [0.3, 0.4) is 0 Å². The molecule has 2 aromatic rings. The second kappa shape index (κ2) is 5.33. The van der Waals surface area contributed by atoms with Gasteiger partial charge in [-0.2, -0.15) is 0 Å². The van der Waals surface area contributed by atoms with Crippen molar-refractivity contribution in [2.75, 3.05) is 0 Å². The van der Waals surface area contributed by atoms with E-state index in [0.717, 1.165) is 29.0 Å². The first-order valence-electron chi connectivity index (χ1n) is 5.96. The summed E-state index contributed by atoms with van der Waals surface area (Å²) < 4.78 is 5.45. The third-order valence-electron chi connectivity index (χ3n) is 3.22. The van der Waals surface area contributed by atoms with Gasteiger partial charge in [0, 0.05) is 17.0 Å². The molecule has 2 nitrogen and oxygen atoms in total. The van der Waals surface area contributed by atoms with E-state index >= 15 is 0 Å². The first kappa shape index (κ1) is 13.4. The highest BCUT2D eigenvalue weighted by Crippen LogP contribution is 2.38. The Morgan fingerprint density at radius 1 is 1.28 bits per heavy atom. The van der Waals surface area contributed by atoms with E-state index < -0.39 is 0 Å². The lowest BCUT2D eigenvalue weighted by Crippen LogP contribution is -1.92. The van der Waals surface area contributed by atoms with Gasteiger partial charge in [-0.1, -0.05) is 48.3 Å². The third kappa shape index (κ3) is 2.27. The summed E-state index contributed by atoms with van der Waals surface area (Å²) in [5.74, 6) is 1.25. The van der Waals surface area contributed by atoms with Gasteiger partial charge in [0.05, 0.1) is 10.0 Å². The average molecular weight is 284 g/mol. The fourth-order valence-corrected chi connectivity index (χ4v) is 2.53. The highest BCUT2D eigenvalue weighted by Gasteiger charge is 2.20. The Bertz CT molecular complexity index is 543. The molecule has 0 radical (unpaired) electrons. The molecular weight excluding hydrogens is 269 g/mol. The number of benzene rings is 1. The lowest BCUT2D eigenvalue weighted by Gasteiger charge is -2.06. The van der Waals surface area contributed by atoms with E-state index in [1.807, 2.05) is 13.0 Å². The monoisotopic (exact) mass is 283 g/mol. The minimum atomic E-state index is 0.340. The normalized spacial score (nSPS) is 12.7. The van der Waals surface area contributed by atoms with Crippen molar-refractivity contribution in [3.05, 3.63) is 39.6 Å². The predicted molar refractivity (Wildman–Crippen MR) is 75.4 cm³/mol. The minimum Gasteiger partial charge on any atom is -0.360 e. The van der Waals surface area contributed by atoms with E-state index in [2.05, 4.69) is 19.0 Å². The molecule has 18 heavy (non-hydrogen) atoms. The molecule has 0 saturated heterocycles. The molecule has 96 valence electrons. The highest BCUT2D eigenvalue weighted by atomic mass is 35.5. The quantitative estimate of drug-likeness (QED) is 0.746. The Hall–Kier alpha value is -0.990. The lowest BCUT2D eigenvalue weighted by atomic mass is 9.99. The largest absolute Gasteiger partial charge is 0.360 e. The molecule has 4 heteroatoms. The van der Waals surface area contributed by atoms with Crippen LogP contribution in [0.5, 0.6) is 0 Å². The first-order valence-corrected chi connectivity index (χ1v) is 6.72. The van der Waals surface area contributed by atoms with Crippen molar-refractivity contribution in [3.63, 3.8) is 0 Å². The zero-order chi connectivity index (χ0) is 13.3. The molecule has 0 aliphatic heterocycles. The van der Waals surface area contributed by atoms with Crippen LogP contribution in [-0.2, 0) is 0 Å². The van der Waals surface area contributed by atoms with E-state index in [9.17, 15) is 0 Å². The van der Waals surface area contributed by atoms with E-state index in [1.165, 1.54) is 0 Å². The van der Waals surface area contributed by atoms with Crippen LogP contribution in [0, 0.1) is 6.92 Å². The molecule has 1 aromatic heterocycles. The zero-order valence-corrected chi connectivity index (χ0v) is 12.1. The topological polar surface area (TPSA) is 26.0 Å². The number of aromatic nitrogens is 1. The van der Waals surface area contributed by atoms with Crippen molar-refractivity contribution in [2.45, 2.75) is 33.1 Å². The van der Waals surface area contributed by atoms with E-state index in [4.69, 9.17) is 27.7 Å². The highest BCUT2D eigenvalue weighted by molar-refractivity contribution is 6.39. The fraction of sp³-hybridized carbons (Fsp3) is 0.357. The van der Waals surface area contributed by atoms with Gasteiger partial charge in [0.15, 0.2) is 0 Å². The fourth-order valence-electron chi connectivity index (χ4n) is 1.95. The van der Waals surface area contributed by atoms with Crippen molar-refractivity contribution >= 4 is 23.2 Å². The Labute approximate surface area is 117 Å². The summed E-state index contributed by atoms with van der Waals surface area (Å²) in [6, 6.07) is 5.43. The molecule has 0 N–H and O–H groups in total. The second-order valence-electron chi connectivity index (χ2n) is 4.43. The van der Waals surface area contributed by atoms with Crippen molar-refractivity contribution in [1.82, 2.24) is 5.16 Å². The van der Waals surface area contributed by atoms with Gasteiger partial charge in [0.1, 0.15) is 11.5 Å². The van der Waals surface area contributed by atoms with Crippen molar-refractivity contribution in [1.29, 1.82) is 0 Å². The average Bonchev–Trinajstić information content (AvgIpc) is 2.71. The van der Waals surface area contributed by atoms with Gasteiger partial charge in [-0.25, -0.2) is 0 Å². The molecule has 1 unspecified atom stereocenters. The molecule has 0 amide bonds. The summed E-state index contributed by atoms with van der Waals surface area (Å²) in [4.78, 5) is 0. The molecule has 2 rings (SSSR count). The van der Waals surface area contributed by atoms with Crippen LogP contribution in [0.25, 0.3) is 11.3 Å². The summed E-state index contributed by atoms with van der Waals surface area (Å²) >= 11 is 12.4. The number of hydrogen-bond donors (Lipinski definition) is 0. The van der Waals surface area contributed by atoms with Crippen LogP contribution in [0.2, 0.25) is 10.0 Å². The number of rotatable bonds is 3. The third-order valence-corrected chi connectivity index (χ3v) is 3.85. The van der Waals surface area contributed by atoms with E-state index in [0.29, 0.717) is 16.0 Å². The lowest BCUT2D eigenvalue weighted by molar-refractivity contribution is 0.363. The van der Waals surface area contributed by atoms with Crippen LogP contribution in [0.15, 0.2) is 22.7 Å². The smallest absolute Gasteiger partial charge is 0.143 e. The molecule has 0 bridgehead atoms. The van der Waals surface area contributed by atoms with Crippen LogP contribution in [0.1, 0.15) is 37.5 Å². The Morgan fingerprint density at radius 3 is 2.44 bits per heavy atom. The maximum atomic E-state index is 6.19. The maximum absolute atomic E-state index is 6.19. The molecule has 1 heterocycles. The Kier molecular flexibility index (Phi) is 3.98. The minimum absolute atomic E-state index is 0.340. The Balaban J connectivity index is 2.56. The van der Waals surface area contributed by atoms with Gasteiger partial charge in [0.2, 0.25) is 0 Å². The molecule has 0 fully saturated rings. The van der Waals surface area contributed by atoms with Crippen LogP contribution >= 0.6 is 23.2 Å². The van der Waals surface area contributed by atoms with Gasteiger partial charge >= 0.3 is 0 Å². The standard InChI is InChI=1S/C14H15Cl2NO/c1-4-8(2)14-9(3)13(17-18-14)12-10(15)6-5-7-11(12)16/h5-8H,4H2,1-3H3. The van der Waals surface area contributed by atoms with Gasteiger partial charge < -0.3 is 4.52 Å². The number of nitrogens with zero attached hydrogens (tertiary/aromatic N) is 1. The van der Waals surface area contributed by atoms with Gasteiger partial charge in [0.25, 0.3) is 0 Å². The van der Waals surface area contributed by atoms with E-state index in [1.54, 1.807) is 12.1 Å². The maximum Gasteiger partial charge on any atom is 0.143 e. The molecule has 0 saturated carbocycles. The van der Waals surface area contributed by atoms with Gasteiger partial charge in [-0.15, -0.1) is 0 Å². The van der Waals surface area contributed by atoms with Gasteiger partial charge in [-0.3, -0.25) is 0 Å². The summed E-state index contributed by atoms with van der Waals surface area (Å²) in [5, 5.41) is 5.32. The summed E-state index contributed by atoms with van der Waals surface area (Å²) in [5.41, 5.74) is 2.50. The first-order chi connectivity index (χ1) is 8.56. The second-order valence-corrected chi connectivity index (χ2v) is 5.24.